The normalized spacial score (nSPS) is 9.24. The number of ketones is 1. The predicted molar refractivity (Wildman–Crippen MR) is 93.0 cm³/mol. The number of nitrogens with zero attached hydrogens (tertiary/aromatic N) is 2. The molecular weight excluding hydrogens is 316 g/mol. The number of rotatable bonds is 3. The summed E-state index contributed by atoms with van der Waals surface area (Å²) >= 11 is 0. The van der Waals surface area contributed by atoms with Crippen LogP contribution in [0.4, 0.5) is 5.69 Å². The summed E-state index contributed by atoms with van der Waals surface area (Å²) in [6.07, 6.45) is 0. The molecule has 0 saturated heterocycles. The molecule has 3 aromatic carbocycles. The number of hydrogen-bond donors (Lipinski definition) is 0. The van der Waals surface area contributed by atoms with Gasteiger partial charge >= 0.3 is 0 Å². The van der Waals surface area contributed by atoms with Crippen molar-refractivity contribution in [2.24, 2.45) is 0 Å². The van der Waals surface area contributed by atoms with Crippen LogP contribution < -0.4 is 0 Å². The smallest absolute Gasteiger partial charge is 0.280 e. The first-order chi connectivity index (χ1) is 12.1. The molecule has 5 nitrogen and oxygen atoms in total. The van der Waals surface area contributed by atoms with E-state index in [1.165, 1.54) is 12.1 Å². The molecule has 5 heteroatoms. The zero-order valence-corrected chi connectivity index (χ0v) is 13.1. The van der Waals surface area contributed by atoms with Gasteiger partial charge in [-0.15, -0.1) is 0 Å². The van der Waals surface area contributed by atoms with Crippen molar-refractivity contribution in [1.29, 1.82) is 5.26 Å². The molecule has 0 aromatic heterocycles. The summed E-state index contributed by atoms with van der Waals surface area (Å²) in [6, 6.07) is 26.2. The summed E-state index contributed by atoms with van der Waals surface area (Å²) in [4.78, 5) is 22.3. The Balaban J connectivity index is 0.000000236. The van der Waals surface area contributed by atoms with Gasteiger partial charge in [0.05, 0.1) is 16.6 Å². The van der Waals surface area contributed by atoms with Gasteiger partial charge in [-0.1, -0.05) is 54.6 Å². The number of para-hydroxylation sites is 1. The third kappa shape index (κ3) is 4.85. The zero-order valence-electron chi connectivity index (χ0n) is 13.1. The van der Waals surface area contributed by atoms with E-state index in [-0.39, 0.29) is 17.0 Å². The number of nitro benzene ring substituents is 1. The van der Waals surface area contributed by atoms with E-state index in [0.717, 1.165) is 0 Å². The second kappa shape index (κ2) is 8.75. The van der Waals surface area contributed by atoms with Crippen LogP contribution in [0.2, 0.25) is 0 Å². The molecule has 0 aliphatic carbocycles. The summed E-state index contributed by atoms with van der Waals surface area (Å²) in [5.41, 5.74) is 1.08. The molecule has 121 valence electrons. The summed E-state index contributed by atoms with van der Waals surface area (Å²) in [7, 11) is 0. The fourth-order valence-electron chi connectivity index (χ4n) is 2.03. The minimum atomic E-state index is -0.545. The number of benzene rings is 3. The molecule has 1 radical (unpaired) electrons. The van der Waals surface area contributed by atoms with Gasteiger partial charge in [-0.05, 0) is 24.3 Å². The third-order valence-corrected chi connectivity index (χ3v) is 3.23. The van der Waals surface area contributed by atoms with Crippen molar-refractivity contribution in [1.82, 2.24) is 0 Å². The van der Waals surface area contributed by atoms with Crippen molar-refractivity contribution in [3.63, 3.8) is 0 Å². The van der Waals surface area contributed by atoms with Crippen LogP contribution in [-0.4, -0.2) is 10.7 Å². The van der Waals surface area contributed by atoms with E-state index < -0.39 is 4.92 Å². The lowest BCUT2D eigenvalue weighted by atomic mass is 10.0. The molecule has 0 fully saturated rings. The van der Waals surface area contributed by atoms with Crippen molar-refractivity contribution in [3.8, 4) is 6.07 Å². The highest BCUT2D eigenvalue weighted by atomic mass is 16.6. The summed E-state index contributed by atoms with van der Waals surface area (Å²) in [6.45, 7) is 0. The molecule has 0 spiro atoms. The van der Waals surface area contributed by atoms with Crippen molar-refractivity contribution in [3.05, 3.63) is 112 Å². The molecule has 0 aliphatic heterocycles. The van der Waals surface area contributed by atoms with Gasteiger partial charge in [0.25, 0.3) is 5.69 Å². The van der Waals surface area contributed by atoms with Gasteiger partial charge in [-0.25, -0.2) is 0 Å². The molecule has 0 amide bonds. The van der Waals surface area contributed by atoms with Crippen LogP contribution in [0.3, 0.4) is 0 Å². The van der Waals surface area contributed by atoms with Gasteiger partial charge in [0.2, 0.25) is 0 Å². The maximum Gasteiger partial charge on any atom is 0.280 e. The Morgan fingerprint density at radius 3 is 2.12 bits per heavy atom. The van der Waals surface area contributed by atoms with Crippen LogP contribution >= 0.6 is 0 Å². The topological polar surface area (TPSA) is 84.0 Å². The van der Waals surface area contributed by atoms with E-state index in [0.29, 0.717) is 11.1 Å². The van der Waals surface area contributed by atoms with Gasteiger partial charge in [-0.3, -0.25) is 14.9 Å². The predicted octanol–water partition coefficient (Wildman–Crippen LogP) is 4.18. The van der Waals surface area contributed by atoms with E-state index in [2.05, 4.69) is 6.07 Å². The molecule has 25 heavy (non-hydrogen) atoms. The van der Waals surface area contributed by atoms with Gasteiger partial charge in [-0.2, -0.15) is 5.26 Å². The van der Waals surface area contributed by atoms with Crippen molar-refractivity contribution >= 4 is 11.5 Å². The van der Waals surface area contributed by atoms with Gasteiger partial charge in [0, 0.05) is 11.6 Å². The van der Waals surface area contributed by atoms with Gasteiger partial charge in [0.1, 0.15) is 5.56 Å². The first-order valence-corrected chi connectivity index (χ1v) is 7.33. The first kappa shape index (κ1) is 17.6. The molecule has 0 aliphatic rings. The molecule has 0 N–H and O–H groups in total. The highest BCUT2D eigenvalue weighted by molar-refractivity contribution is 6.11. The fraction of sp³-hybridized carbons (Fsp3) is 0. The highest BCUT2D eigenvalue weighted by Gasteiger charge is 2.19. The van der Waals surface area contributed by atoms with Crippen molar-refractivity contribution in [2.45, 2.75) is 0 Å². The third-order valence-electron chi connectivity index (χ3n) is 3.23. The Bertz CT molecular complexity index is 901. The molecule has 0 unspecified atom stereocenters. The lowest BCUT2D eigenvalue weighted by Gasteiger charge is -2.01. The van der Waals surface area contributed by atoms with E-state index in [9.17, 15) is 14.9 Å². The van der Waals surface area contributed by atoms with Crippen LogP contribution in [0.1, 0.15) is 21.5 Å². The maximum absolute atomic E-state index is 12.1. The summed E-state index contributed by atoms with van der Waals surface area (Å²) < 4.78 is 0. The average Bonchev–Trinajstić information content (AvgIpc) is 2.69. The molecular formula is C20H13N2O3. The monoisotopic (exact) mass is 329 g/mol. The van der Waals surface area contributed by atoms with Crippen LogP contribution in [0.5, 0.6) is 0 Å². The minimum absolute atomic E-state index is 0.115. The summed E-state index contributed by atoms with van der Waals surface area (Å²) in [5, 5.41) is 19.1. The number of hydrogen-bond acceptors (Lipinski definition) is 4. The Morgan fingerprint density at radius 2 is 1.56 bits per heavy atom. The molecule has 0 heterocycles. The van der Waals surface area contributed by atoms with Crippen molar-refractivity contribution in [2.75, 3.05) is 0 Å². The van der Waals surface area contributed by atoms with Gasteiger partial charge < -0.3 is 0 Å². The standard InChI is InChI=1S/C13H9NO3.C7H4N/c15-13(10-6-2-1-3-7-10)11-8-4-5-9-12(11)14(16)17;8-6-7-4-2-1-3-5-7/h1-9H;2-5H. The number of carbonyl (C=O) groups is 1. The van der Waals surface area contributed by atoms with E-state index in [1.807, 2.05) is 6.07 Å². The van der Waals surface area contributed by atoms with Gasteiger partial charge in [0.15, 0.2) is 5.78 Å². The largest absolute Gasteiger partial charge is 0.288 e. The number of nitriles is 1. The molecule has 0 atom stereocenters. The van der Waals surface area contributed by atoms with Crippen LogP contribution in [0.15, 0.2) is 78.9 Å². The summed E-state index contributed by atoms with van der Waals surface area (Å²) in [5.74, 6) is -0.335. The zero-order chi connectivity index (χ0) is 18.1. The Hall–Kier alpha value is -3.78. The number of nitro groups is 1. The van der Waals surface area contributed by atoms with Crippen molar-refractivity contribution < 1.29 is 9.72 Å². The Morgan fingerprint density at radius 1 is 0.960 bits per heavy atom. The van der Waals surface area contributed by atoms with E-state index in [4.69, 9.17) is 5.26 Å². The molecule has 0 bridgehead atoms. The Kier molecular flexibility index (Phi) is 6.15. The second-order valence-electron chi connectivity index (χ2n) is 4.87. The SMILES string of the molecule is N#Cc1cc[c]cc1.O=C(c1ccccc1)c1ccccc1[N+](=O)[O-]. The molecule has 0 saturated carbocycles. The quantitative estimate of drug-likeness (QED) is 0.410. The minimum Gasteiger partial charge on any atom is -0.288 e. The Labute approximate surface area is 144 Å². The van der Waals surface area contributed by atoms with Crippen LogP contribution in [0.25, 0.3) is 0 Å². The van der Waals surface area contributed by atoms with Crippen LogP contribution in [-0.2, 0) is 0 Å². The van der Waals surface area contributed by atoms with Crippen LogP contribution in [0, 0.1) is 27.5 Å². The number of carbonyl (C=O) groups excluding carboxylic acids is 1. The lowest BCUT2D eigenvalue weighted by Crippen LogP contribution is -2.04. The first-order valence-electron chi connectivity index (χ1n) is 7.33. The second-order valence-corrected chi connectivity index (χ2v) is 4.87. The highest BCUT2D eigenvalue weighted by Crippen LogP contribution is 2.20. The van der Waals surface area contributed by atoms with E-state index in [1.54, 1.807) is 66.7 Å². The average molecular weight is 329 g/mol. The van der Waals surface area contributed by atoms with E-state index >= 15 is 0 Å². The molecule has 3 rings (SSSR count). The fourth-order valence-corrected chi connectivity index (χ4v) is 2.03. The lowest BCUT2D eigenvalue weighted by molar-refractivity contribution is -0.385. The maximum atomic E-state index is 12.1. The molecule has 3 aromatic rings.